The van der Waals surface area contributed by atoms with Gasteiger partial charge >= 0.3 is 6.09 Å². The van der Waals surface area contributed by atoms with Crippen molar-refractivity contribution in [1.82, 2.24) is 25.0 Å². The van der Waals surface area contributed by atoms with Crippen molar-refractivity contribution in [2.45, 2.75) is 59.0 Å². The van der Waals surface area contributed by atoms with E-state index in [4.69, 9.17) is 15.2 Å². The zero-order chi connectivity index (χ0) is 25.2. The van der Waals surface area contributed by atoms with Gasteiger partial charge in [-0.1, -0.05) is 20.8 Å². The molecule has 0 aromatic carbocycles. The zero-order valence-electron chi connectivity index (χ0n) is 20.0. The van der Waals surface area contributed by atoms with Crippen LogP contribution in [0.4, 0.5) is 9.18 Å². The van der Waals surface area contributed by atoms with Gasteiger partial charge in [-0.25, -0.2) is 9.18 Å². The molecule has 11 nitrogen and oxygen atoms in total. The fraction of sp³-hybridized carbons (Fsp3) is 0.591. The van der Waals surface area contributed by atoms with E-state index >= 15 is 0 Å². The minimum absolute atomic E-state index is 0.0000260. The predicted octanol–water partition coefficient (Wildman–Crippen LogP) is 1.31. The molecule has 3 atom stereocenters. The molecular formula is C22H31FN6O5. The average Bonchev–Trinajstić information content (AvgIpc) is 3.23. The van der Waals surface area contributed by atoms with Crippen molar-refractivity contribution in [3.63, 3.8) is 0 Å². The van der Waals surface area contributed by atoms with E-state index in [1.165, 1.54) is 18.0 Å². The minimum atomic E-state index is -1.53. The van der Waals surface area contributed by atoms with Gasteiger partial charge in [0, 0.05) is 19.3 Å². The van der Waals surface area contributed by atoms with Crippen LogP contribution in [0.2, 0.25) is 0 Å². The number of halogens is 1. The molecule has 0 saturated carbocycles. The number of aryl methyl sites for hydroxylation is 1. The van der Waals surface area contributed by atoms with E-state index in [1.54, 1.807) is 13.0 Å². The maximum Gasteiger partial charge on any atom is 0.411 e. The molecule has 3 heterocycles. The molecular weight excluding hydrogens is 447 g/mol. The quantitative estimate of drug-likeness (QED) is 0.611. The first kappa shape index (κ1) is 25.3. The number of amides is 3. The number of methoxy groups -OCH3 is 1. The van der Waals surface area contributed by atoms with Crippen LogP contribution in [0.3, 0.4) is 0 Å². The summed E-state index contributed by atoms with van der Waals surface area (Å²) in [6.07, 6.45) is -1.48. The Morgan fingerprint density at radius 2 is 2.03 bits per heavy atom. The van der Waals surface area contributed by atoms with Gasteiger partial charge in [-0.2, -0.15) is 0 Å². The van der Waals surface area contributed by atoms with Crippen LogP contribution in [0.5, 0.6) is 5.88 Å². The van der Waals surface area contributed by atoms with E-state index in [1.807, 2.05) is 20.8 Å². The second-order valence-electron chi connectivity index (χ2n) is 9.54. The lowest BCUT2D eigenvalue weighted by Gasteiger charge is -2.27. The van der Waals surface area contributed by atoms with E-state index in [0.717, 1.165) is 4.90 Å². The molecule has 1 aliphatic heterocycles. The number of rotatable bonds is 7. The Labute approximate surface area is 196 Å². The Kier molecular flexibility index (Phi) is 7.39. The highest BCUT2D eigenvalue weighted by atomic mass is 19.1. The fourth-order valence-electron chi connectivity index (χ4n) is 3.93. The number of nitrogens with one attached hydrogen (secondary N) is 1. The molecule has 2 aromatic rings. The summed E-state index contributed by atoms with van der Waals surface area (Å²) in [5, 5.41) is 7.40. The van der Waals surface area contributed by atoms with Crippen LogP contribution in [0.1, 0.15) is 32.9 Å². The molecule has 0 spiro atoms. The molecule has 3 amide bonds. The van der Waals surface area contributed by atoms with Crippen LogP contribution in [0, 0.1) is 12.3 Å². The van der Waals surface area contributed by atoms with Crippen LogP contribution in [0.15, 0.2) is 12.3 Å². The highest BCUT2D eigenvalue weighted by Gasteiger charge is 2.48. The molecule has 0 aliphatic carbocycles. The van der Waals surface area contributed by atoms with Gasteiger partial charge in [-0.05, 0) is 24.8 Å². The Morgan fingerprint density at radius 3 is 2.65 bits per heavy atom. The number of fused-ring (bicyclic) bond motifs is 1. The van der Waals surface area contributed by atoms with Crippen molar-refractivity contribution in [1.29, 1.82) is 0 Å². The lowest BCUT2D eigenvalue weighted by molar-refractivity contribution is -0.141. The number of hydrogen-bond acceptors (Lipinski definition) is 7. The Balaban J connectivity index is 1.84. The van der Waals surface area contributed by atoms with Gasteiger partial charge in [-0.15, -0.1) is 5.10 Å². The summed E-state index contributed by atoms with van der Waals surface area (Å²) in [4.78, 5) is 42.8. The molecule has 3 rings (SSSR count). The lowest BCUT2D eigenvalue weighted by Crippen LogP contribution is -2.52. The van der Waals surface area contributed by atoms with Crippen LogP contribution in [-0.4, -0.2) is 76.1 Å². The van der Waals surface area contributed by atoms with Crippen LogP contribution in [-0.2, 0) is 20.9 Å². The van der Waals surface area contributed by atoms with E-state index in [-0.39, 0.29) is 24.4 Å². The predicted molar refractivity (Wildman–Crippen MR) is 121 cm³/mol. The summed E-state index contributed by atoms with van der Waals surface area (Å²) in [5.41, 5.74) is 6.18. The molecule has 0 radical (unpaired) electrons. The van der Waals surface area contributed by atoms with Gasteiger partial charge < -0.3 is 25.4 Å². The Bertz CT molecular complexity index is 1080. The first-order valence-electron chi connectivity index (χ1n) is 11.0. The highest BCUT2D eigenvalue weighted by Crippen LogP contribution is 2.28. The van der Waals surface area contributed by atoms with Gasteiger partial charge in [0.2, 0.25) is 11.8 Å². The number of hydrogen-bond donors (Lipinski definition) is 2. The van der Waals surface area contributed by atoms with Crippen molar-refractivity contribution in [3.05, 3.63) is 18.0 Å². The molecule has 1 fully saturated rings. The second kappa shape index (κ2) is 9.92. The number of aromatic nitrogens is 3. The molecule has 34 heavy (non-hydrogen) atoms. The minimum Gasteiger partial charge on any atom is -0.389 e. The molecule has 186 valence electrons. The number of primary amides is 1. The SMILES string of the molecule is CO[C@H]1[C@@H](C(=O)NCCC(C)(C)C)N(C(=O)Cn2nc(OC(N)=O)c3cc(C)ncc32)C[C@@H]1F. The van der Waals surface area contributed by atoms with Crippen LogP contribution in [0.25, 0.3) is 10.9 Å². The van der Waals surface area contributed by atoms with E-state index < -0.39 is 36.2 Å². The van der Waals surface area contributed by atoms with Crippen molar-refractivity contribution in [3.8, 4) is 5.88 Å². The molecule has 3 N–H and O–H groups in total. The number of nitrogens with zero attached hydrogens (tertiary/aromatic N) is 4. The van der Waals surface area contributed by atoms with Gasteiger partial charge in [0.1, 0.15) is 24.9 Å². The third-order valence-corrected chi connectivity index (χ3v) is 5.63. The third-order valence-electron chi connectivity index (χ3n) is 5.63. The Hall–Kier alpha value is -3.28. The summed E-state index contributed by atoms with van der Waals surface area (Å²) in [6, 6.07) is 0.512. The van der Waals surface area contributed by atoms with E-state index in [2.05, 4.69) is 15.4 Å². The first-order chi connectivity index (χ1) is 15.9. The van der Waals surface area contributed by atoms with Gasteiger partial charge in [0.25, 0.3) is 5.88 Å². The van der Waals surface area contributed by atoms with Crippen LogP contribution < -0.4 is 15.8 Å². The monoisotopic (exact) mass is 478 g/mol. The number of pyridine rings is 1. The number of nitrogens with two attached hydrogens (primary N) is 1. The smallest absolute Gasteiger partial charge is 0.389 e. The van der Waals surface area contributed by atoms with Crippen molar-refractivity contribution < 1.29 is 28.2 Å². The number of ether oxygens (including phenoxy) is 2. The van der Waals surface area contributed by atoms with Crippen molar-refractivity contribution in [2.75, 3.05) is 20.2 Å². The normalized spacial score (nSPS) is 20.5. The highest BCUT2D eigenvalue weighted by molar-refractivity contribution is 5.91. The van der Waals surface area contributed by atoms with E-state index in [9.17, 15) is 18.8 Å². The van der Waals surface area contributed by atoms with E-state index in [0.29, 0.717) is 29.6 Å². The number of carbonyl (C=O) groups excluding carboxylic acids is 3. The fourth-order valence-corrected chi connectivity index (χ4v) is 3.93. The van der Waals surface area contributed by atoms with Gasteiger partial charge in [0.15, 0.2) is 0 Å². The summed E-state index contributed by atoms with van der Waals surface area (Å²) in [5.74, 6) is -1.10. The molecule has 12 heteroatoms. The summed E-state index contributed by atoms with van der Waals surface area (Å²) in [6.45, 7) is 7.63. The van der Waals surface area contributed by atoms with Gasteiger partial charge in [0.05, 0.1) is 23.6 Å². The molecule has 1 saturated heterocycles. The summed E-state index contributed by atoms with van der Waals surface area (Å²) < 4.78 is 26.2. The molecule has 0 bridgehead atoms. The average molecular weight is 479 g/mol. The van der Waals surface area contributed by atoms with Crippen molar-refractivity contribution in [2.24, 2.45) is 11.1 Å². The van der Waals surface area contributed by atoms with Crippen LogP contribution >= 0.6 is 0 Å². The summed E-state index contributed by atoms with van der Waals surface area (Å²) in [7, 11) is 1.31. The number of likely N-dealkylation sites (tertiary alicyclic amines) is 1. The first-order valence-corrected chi connectivity index (χ1v) is 11.0. The van der Waals surface area contributed by atoms with Gasteiger partial charge in [-0.3, -0.25) is 19.3 Å². The maximum absolute atomic E-state index is 14.7. The second-order valence-corrected chi connectivity index (χ2v) is 9.54. The third kappa shape index (κ3) is 5.61. The number of alkyl halides is 1. The zero-order valence-corrected chi connectivity index (χ0v) is 20.0. The molecule has 0 unspecified atom stereocenters. The Morgan fingerprint density at radius 1 is 1.32 bits per heavy atom. The molecule has 2 aromatic heterocycles. The molecule has 1 aliphatic rings. The lowest BCUT2D eigenvalue weighted by atomic mass is 9.92. The largest absolute Gasteiger partial charge is 0.411 e. The topological polar surface area (TPSA) is 142 Å². The van der Waals surface area contributed by atoms with Crippen molar-refractivity contribution >= 4 is 28.8 Å². The maximum atomic E-state index is 14.7. The standard InChI is InChI=1S/C22H31FN6O5/c1-12-8-13-15(9-26-12)29(27-20(13)34-21(24)32)11-16(30)28-10-14(23)18(33-5)17(28)19(31)25-7-6-22(2,3)4/h8-9,14,17-18H,6-7,10-11H2,1-5H3,(H2,24,32)(H,25,31)/t14-,17-,18+/m0/s1. The summed E-state index contributed by atoms with van der Waals surface area (Å²) >= 11 is 0. The number of carbonyl (C=O) groups is 3.